The van der Waals surface area contributed by atoms with Crippen LogP contribution in [0, 0.1) is 0 Å². The summed E-state index contributed by atoms with van der Waals surface area (Å²) in [6.07, 6.45) is -1.67. The van der Waals surface area contributed by atoms with Gasteiger partial charge >= 0.3 is 6.18 Å². The Hall–Kier alpha value is -2.71. The lowest BCUT2D eigenvalue weighted by Crippen LogP contribution is -2.42. The number of pyridine rings is 1. The first-order chi connectivity index (χ1) is 10.9. The van der Waals surface area contributed by atoms with Gasteiger partial charge in [0.15, 0.2) is 0 Å². The van der Waals surface area contributed by atoms with Crippen LogP contribution in [0.15, 0.2) is 30.7 Å². The number of rotatable bonds is 1. The number of fused-ring (bicyclic) bond motifs is 1. The summed E-state index contributed by atoms with van der Waals surface area (Å²) in [7, 11) is 0. The number of amides is 1. The maximum atomic E-state index is 12.6. The molecule has 6 nitrogen and oxygen atoms in total. The molecule has 0 bridgehead atoms. The molecule has 3 rings (SSSR count). The number of nitrogens with zero attached hydrogens (tertiary/aromatic N) is 4. The number of carbonyl (C=O) groups is 1. The van der Waals surface area contributed by atoms with Crippen LogP contribution in [0.3, 0.4) is 0 Å². The Bertz CT molecular complexity index is 734. The highest BCUT2D eigenvalue weighted by Crippen LogP contribution is 2.32. The summed E-state index contributed by atoms with van der Waals surface area (Å²) < 4.78 is 43.0. The fraction of sp³-hybridized carbons (Fsp3) is 0.286. The Labute approximate surface area is 128 Å². The molecule has 0 radical (unpaired) electrons. The van der Waals surface area contributed by atoms with Crippen LogP contribution >= 0.6 is 0 Å². The van der Waals surface area contributed by atoms with Crippen molar-refractivity contribution in [2.45, 2.75) is 19.2 Å². The Kier molecular flexibility index (Phi) is 3.63. The third kappa shape index (κ3) is 2.94. The second kappa shape index (κ2) is 5.49. The number of aromatic nitrogens is 3. The molecule has 3 heterocycles. The van der Waals surface area contributed by atoms with Crippen LogP contribution in [-0.4, -0.2) is 33.5 Å². The smallest absolute Gasteiger partial charge is 0.451 e. The van der Waals surface area contributed by atoms with Crippen LogP contribution in [0.5, 0.6) is 5.88 Å². The average Bonchev–Trinajstić information content (AvgIpc) is 2.52. The fourth-order valence-electron chi connectivity index (χ4n) is 2.19. The highest BCUT2D eigenvalue weighted by atomic mass is 19.4. The van der Waals surface area contributed by atoms with Gasteiger partial charge in [0, 0.05) is 18.6 Å². The Balaban J connectivity index is 1.92. The molecule has 0 saturated heterocycles. The molecule has 0 spiro atoms. The molecular weight excluding hydrogens is 313 g/mol. The molecule has 0 saturated carbocycles. The monoisotopic (exact) mass is 324 g/mol. The predicted octanol–water partition coefficient (Wildman–Crippen LogP) is 2.32. The van der Waals surface area contributed by atoms with Crippen molar-refractivity contribution in [3.8, 4) is 5.88 Å². The van der Waals surface area contributed by atoms with Crippen LogP contribution < -0.4 is 9.64 Å². The number of hydrogen-bond donors (Lipinski definition) is 0. The van der Waals surface area contributed by atoms with Gasteiger partial charge in [-0.05, 0) is 19.1 Å². The van der Waals surface area contributed by atoms with Gasteiger partial charge in [0.1, 0.15) is 11.8 Å². The number of ether oxygens (including phenoxy) is 1. The predicted molar refractivity (Wildman–Crippen MR) is 73.0 cm³/mol. The van der Waals surface area contributed by atoms with Crippen LogP contribution in [0.1, 0.15) is 23.1 Å². The molecule has 1 amide bonds. The molecular formula is C14H11F3N4O2. The van der Waals surface area contributed by atoms with E-state index in [0.29, 0.717) is 11.6 Å². The summed E-state index contributed by atoms with van der Waals surface area (Å²) >= 11 is 0. The van der Waals surface area contributed by atoms with Gasteiger partial charge in [-0.1, -0.05) is 0 Å². The van der Waals surface area contributed by atoms with Crippen molar-refractivity contribution < 1.29 is 22.7 Å². The van der Waals surface area contributed by atoms with E-state index in [1.165, 1.54) is 11.1 Å². The van der Waals surface area contributed by atoms with E-state index in [1.807, 2.05) is 0 Å². The molecule has 0 aromatic carbocycles. The third-order valence-electron chi connectivity index (χ3n) is 3.19. The Morgan fingerprint density at radius 1 is 1.30 bits per heavy atom. The topological polar surface area (TPSA) is 68.2 Å². The van der Waals surface area contributed by atoms with Crippen molar-refractivity contribution >= 4 is 11.6 Å². The summed E-state index contributed by atoms with van der Waals surface area (Å²) in [6, 6.07) is 3.29. The number of anilines is 1. The lowest BCUT2D eigenvalue weighted by molar-refractivity contribution is -0.145. The number of carbonyl (C=O) groups excluding carboxylic acids is 1. The lowest BCUT2D eigenvalue weighted by atomic mass is 10.2. The fourth-order valence-corrected chi connectivity index (χ4v) is 2.19. The van der Waals surface area contributed by atoms with Gasteiger partial charge in [-0.15, -0.1) is 0 Å². The number of halogens is 3. The SMILES string of the molecule is C[C@@H]1CN(C(=O)c2cnc(C(F)(F)F)nc2)c2cccnc2O1. The van der Waals surface area contributed by atoms with Gasteiger partial charge in [0.05, 0.1) is 12.1 Å². The quantitative estimate of drug-likeness (QED) is 0.805. The van der Waals surface area contributed by atoms with E-state index in [4.69, 9.17) is 4.74 Å². The first kappa shape index (κ1) is 15.2. The average molecular weight is 324 g/mol. The van der Waals surface area contributed by atoms with Gasteiger partial charge in [0.2, 0.25) is 11.7 Å². The van der Waals surface area contributed by atoms with Crippen molar-refractivity contribution in [1.29, 1.82) is 0 Å². The molecule has 1 aliphatic rings. The number of alkyl halides is 3. The zero-order valence-electron chi connectivity index (χ0n) is 11.9. The maximum absolute atomic E-state index is 12.6. The first-order valence-corrected chi connectivity index (χ1v) is 6.69. The van der Waals surface area contributed by atoms with Crippen molar-refractivity contribution in [3.63, 3.8) is 0 Å². The second-order valence-electron chi connectivity index (χ2n) is 4.97. The van der Waals surface area contributed by atoms with Crippen LogP contribution in [0.4, 0.5) is 18.9 Å². The van der Waals surface area contributed by atoms with Gasteiger partial charge in [-0.3, -0.25) is 9.69 Å². The normalized spacial score (nSPS) is 17.4. The van der Waals surface area contributed by atoms with E-state index in [1.54, 1.807) is 19.1 Å². The van der Waals surface area contributed by atoms with Crippen LogP contribution in [-0.2, 0) is 6.18 Å². The standard InChI is InChI=1S/C14H11F3N4O2/c1-8-7-21(10-3-2-4-18-11(10)23-8)12(22)9-5-19-13(20-6-9)14(15,16)17/h2-6,8H,7H2,1H3/t8-/m1/s1. The van der Waals surface area contributed by atoms with Crippen LogP contribution in [0.25, 0.3) is 0 Å². The molecule has 0 aliphatic carbocycles. The van der Waals surface area contributed by atoms with Crippen molar-refractivity contribution in [2.75, 3.05) is 11.4 Å². The number of hydrogen-bond acceptors (Lipinski definition) is 5. The molecule has 9 heteroatoms. The van der Waals surface area contributed by atoms with E-state index < -0.39 is 17.9 Å². The third-order valence-corrected chi connectivity index (χ3v) is 3.19. The second-order valence-corrected chi connectivity index (χ2v) is 4.97. The summed E-state index contributed by atoms with van der Waals surface area (Å²) in [5.41, 5.74) is 0.414. The molecule has 2 aromatic rings. The minimum Gasteiger partial charge on any atom is -0.471 e. The maximum Gasteiger partial charge on any atom is 0.451 e. The highest BCUT2D eigenvalue weighted by Gasteiger charge is 2.35. The lowest BCUT2D eigenvalue weighted by Gasteiger charge is -2.32. The Morgan fingerprint density at radius 3 is 2.65 bits per heavy atom. The van der Waals surface area contributed by atoms with Crippen molar-refractivity contribution in [3.05, 3.63) is 42.1 Å². The molecule has 120 valence electrons. The molecule has 23 heavy (non-hydrogen) atoms. The van der Waals surface area contributed by atoms with E-state index in [0.717, 1.165) is 12.4 Å². The van der Waals surface area contributed by atoms with E-state index >= 15 is 0 Å². The largest absolute Gasteiger partial charge is 0.471 e. The first-order valence-electron chi connectivity index (χ1n) is 6.69. The molecule has 0 N–H and O–H groups in total. The van der Waals surface area contributed by atoms with E-state index in [2.05, 4.69) is 15.0 Å². The van der Waals surface area contributed by atoms with Gasteiger partial charge in [-0.2, -0.15) is 13.2 Å². The van der Waals surface area contributed by atoms with Crippen molar-refractivity contribution in [1.82, 2.24) is 15.0 Å². The minimum atomic E-state index is -4.65. The van der Waals surface area contributed by atoms with Crippen molar-refractivity contribution in [2.24, 2.45) is 0 Å². The van der Waals surface area contributed by atoms with Gasteiger partial charge in [-0.25, -0.2) is 15.0 Å². The molecule has 0 fully saturated rings. The molecule has 0 unspecified atom stereocenters. The van der Waals surface area contributed by atoms with E-state index in [9.17, 15) is 18.0 Å². The molecule has 2 aromatic heterocycles. The zero-order valence-corrected chi connectivity index (χ0v) is 11.9. The molecule has 1 aliphatic heterocycles. The summed E-state index contributed by atoms with van der Waals surface area (Å²) in [5, 5.41) is 0. The summed E-state index contributed by atoms with van der Waals surface area (Å²) in [4.78, 5) is 24.4. The van der Waals surface area contributed by atoms with Crippen LogP contribution in [0.2, 0.25) is 0 Å². The highest BCUT2D eigenvalue weighted by molar-refractivity contribution is 6.06. The molecule has 1 atom stereocenters. The Morgan fingerprint density at radius 2 is 2.00 bits per heavy atom. The van der Waals surface area contributed by atoms with Gasteiger partial charge < -0.3 is 4.74 Å². The zero-order chi connectivity index (χ0) is 16.6. The van der Waals surface area contributed by atoms with Gasteiger partial charge in [0.25, 0.3) is 5.91 Å². The van der Waals surface area contributed by atoms with E-state index in [-0.39, 0.29) is 18.2 Å². The summed E-state index contributed by atoms with van der Waals surface area (Å²) in [6.45, 7) is 2.01. The minimum absolute atomic E-state index is 0.0399. The summed E-state index contributed by atoms with van der Waals surface area (Å²) in [5.74, 6) is -1.50.